The van der Waals surface area contributed by atoms with Crippen LogP contribution < -0.4 is 5.32 Å². The van der Waals surface area contributed by atoms with E-state index in [2.05, 4.69) is 36.7 Å². The summed E-state index contributed by atoms with van der Waals surface area (Å²) >= 11 is 3.49. The summed E-state index contributed by atoms with van der Waals surface area (Å²) in [5.74, 6) is 0.242. The molecule has 0 saturated carbocycles. The highest BCUT2D eigenvalue weighted by molar-refractivity contribution is 9.10. The number of nitrogens with zero attached hydrogens (tertiary/aromatic N) is 4. The number of carbonyl (C=O) groups excluding carboxylic acids is 1. The number of hydrogen-bond donors (Lipinski definition) is 1. The zero-order valence-electron chi connectivity index (χ0n) is 15.7. The predicted molar refractivity (Wildman–Crippen MR) is 116 cm³/mol. The van der Waals surface area contributed by atoms with Gasteiger partial charge in [0.25, 0.3) is 5.91 Å². The Hall–Kier alpha value is -3.32. The van der Waals surface area contributed by atoms with Crippen LogP contribution in [0.2, 0.25) is 0 Å². The van der Waals surface area contributed by atoms with Crippen LogP contribution >= 0.6 is 15.9 Å². The first-order valence-electron chi connectivity index (χ1n) is 9.13. The molecule has 1 aromatic heterocycles. The first kappa shape index (κ1) is 19.0. The molecule has 0 bridgehead atoms. The highest BCUT2D eigenvalue weighted by Crippen LogP contribution is 2.28. The van der Waals surface area contributed by atoms with Gasteiger partial charge in [-0.05, 0) is 35.9 Å². The van der Waals surface area contributed by atoms with Gasteiger partial charge in [-0.1, -0.05) is 76.6 Å². The smallest absolute Gasteiger partial charge is 0.250 e. The van der Waals surface area contributed by atoms with Gasteiger partial charge in [0.2, 0.25) is 5.82 Å². The molecule has 1 amide bonds. The van der Waals surface area contributed by atoms with Crippen LogP contribution in [-0.4, -0.2) is 26.1 Å². The molecule has 29 heavy (non-hydrogen) atoms. The summed E-state index contributed by atoms with van der Waals surface area (Å²) in [6.45, 7) is 1.74. The van der Waals surface area contributed by atoms with Crippen molar-refractivity contribution in [3.63, 3.8) is 0 Å². The maximum Gasteiger partial charge on any atom is 0.250 e. The van der Waals surface area contributed by atoms with Crippen LogP contribution in [0.15, 0.2) is 83.3 Å². The first-order chi connectivity index (χ1) is 14.1. The van der Waals surface area contributed by atoms with E-state index in [1.165, 1.54) is 4.80 Å². The average molecular weight is 448 g/mol. The lowest BCUT2D eigenvalue weighted by Crippen LogP contribution is -2.25. The monoisotopic (exact) mass is 447 g/mol. The van der Waals surface area contributed by atoms with Gasteiger partial charge in [-0.3, -0.25) is 4.79 Å². The van der Waals surface area contributed by atoms with Crippen molar-refractivity contribution in [1.29, 1.82) is 0 Å². The Bertz CT molecular complexity index is 1140. The summed E-state index contributed by atoms with van der Waals surface area (Å²) < 4.78 is 0.869. The molecule has 0 unspecified atom stereocenters. The maximum atomic E-state index is 12.9. The fourth-order valence-electron chi connectivity index (χ4n) is 2.94. The molecule has 0 saturated heterocycles. The summed E-state index contributed by atoms with van der Waals surface area (Å²) in [6.07, 6.45) is 0. The number of benzene rings is 3. The minimum absolute atomic E-state index is 0.218. The van der Waals surface area contributed by atoms with Gasteiger partial charge in [-0.15, -0.1) is 10.2 Å². The van der Waals surface area contributed by atoms with Crippen molar-refractivity contribution >= 4 is 27.5 Å². The molecule has 0 aliphatic rings. The van der Waals surface area contributed by atoms with Crippen LogP contribution in [0.25, 0.3) is 22.5 Å². The number of rotatable bonds is 5. The summed E-state index contributed by atoms with van der Waals surface area (Å²) in [5, 5.41) is 15.5. The molecular weight excluding hydrogens is 430 g/mol. The van der Waals surface area contributed by atoms with Crippen molar-refractivity contribution in [3.05, 3.63) is 83.3 Å². The van der Waals surface area contributed by atoms with Crippen molar-refractivity contribution in [2.45, 2.75) is 13.0 Å². The number of hydrogen-bond acceptors (Lipinski definition) is 4. The number of anilines is 1. The number of halogens is 1. The van der Waals surface area contributed by atoms with Crippen LogP contribution in [0.3, 0.4) is 0 Å². The number of carbonyl (C=O) groups is 1. The maximum absolute atomic E-state index is 12.9. The Morgan fingerprint density at radius 1 is 0.931 bits per heavy atom. The summed E-state index contributed by atoms with van der Waals surface area (Å²) in [6, 6.07) is 24.6. The van der Waals surface area contributed by atoms with Crippen molar-refractivity contribution in [3.8, 4) is 22.5 Å². The fraction of sp³-hybridized carbons (Fsp3) is 0.0909. The van der Waals surface area contributed by atoms with Gasteiger partial charge in [0.1, 0.15) is 6.04 Å². The van der Waals surface area contributed by atoms with Crippen molar-refractivity contribution < 1.29 is 4.79 Å². The molecule has 1 atom stereocenters. The highest BCUT2D eigenvalue weighted by Gasteiger charge is 2.20. The van der Waals surface area contributed by atoms with E-state index in [0.29, 0.717) is 5.82 Å². The van der Waals surface area contributed by atoms with Crippen LogP contribution in [0.5, 0.6) is 0 Å². The van der Waals surface area contributed by atoms with E-state index in [9.17, 15) is 4.79 Å². The van der Waals surface area contributed by atoms with E-state index in [0.717, 1.165) is 26.9 Å². The predicted octanol–water partition coefficient (Wildman–Crippen LogP) is 4.97. The Labute approximate surface area is 176 Å². The number of nitrogens with one attached hydrogen (secondary N) is 1. The summed E-state index contributed by atoms with van der Waals surface area (Å²) in [4.78, 5) is 14.2. The Kier molecular flexibility index (Phi) is 5.48. The third kappa shape index (κ3) is 4.09. The van der Waals surface area contributed by atoms with Crippen molar-refractivity contribution in [2.75, 3.05) is 5.32 Å². The van der Waals surface area contributed by atoms with Gasteiger partial charge >= 0.3 is 0 Å². The molecule has 0 aliphatic heterocycles. The lowest BCUT2D eigenvalue weighted by molar-refractivity contribution is -0.119. The van der Waals surface area contributed by atoms with Crippen LogP contribution in [0.4, 0.5) is 5.69 Å². The van der Waals surface area contributed by atoms with Crippen LogP contribution in [0.1, 0.15) is 13.0 Å². The van der Waals surface area contributed by atoms with Gasteiger partial charge < -0.3 is 5.32 Å². The van der Waals surface area contributed by atoms with Gasteiger partial charge in [0.15, 0.2) is 0 Å². The molecular formula is C22H18BrN5O. The van der Waals surface area contributed by atoms with Gasteiger partial charge in [-0.25, -0.2) is 0 Å². The van der Waals surface area contributed by atoms with Crippen molar-refractivity contribution in [1.82, 2.24) is 20.2 Å². The molecule has 6 nitrogen and oxygen atoms in total. The highest BCUT2D eigenvalue weighted by atomic mass is 79.9. The average Bonchev–Trinajstić information content (AvgIpc) is 3.24. The molecule has 1 N–H and O–H groups in total. The molecule has 0 aliphatic carbocycles. The third-order valence-corrected chi connectivity index (χ3v) is 5.23. The van der Waals surface area contributed by atoms with Crippen LogP contribution in [0, 0.1) is 0 Å². The van der Waals surface area contributed by atoms with E-state index in [1.807, 2.05) is 78.9 Å². The zero-order valence-corrected chi connectivity index (χ0v) is 17.2. The molecule has 0 spiro atoms. The quantitative estimate of drug-likeness (QED) is 0.468. The number of aromatic nitrogens is 4. The van der Waals surface area contributed by atoms with E-state index in [1.54, 1.807) is 6.92 Å². The van der Waals surface area contributed by atoms with Gasteiger partial charge in [0.05, 0.1) is 0 Å². The fourth-order valence-corrected chi connectivity index (χ4v) is 3.41. The number of amides is 1. The Morgan fingerprint density at radius 3 is 2.34 bits per heavy atom. The van der Waals surface area contributed by atoms with Gasteiger partial charge in [-0.2, -0.15) is 4.80 Å². The second kappa shape index (κ2) is 8.36. The summed E-state index contributed by atoms with van der Waals surface area (Å²) in [7, 11) is 0. The molecule has 4 aromatic rings. The molecule has 0 fully saturated rings. The van der Waals surface area contributed by atoms with E-state index in [4.69, 9.17) is 0 Å². The van der Waals surface area contributed by atoms with E-state index < -0.39 is 6.04 Å². The second-order valence-corrected chi connectivity index (χ2v) is 7.34. The molecule has 1 heterocycles. The first-order valence-corrected chi connectivity index (χ1v) is 9.92. The minimum atomic E-state index is -0.623. The molecule has 7 heteroatoms. The zero-order chi connectivity index (χ0) is 20.2. The topological polar surface area (TPSA) is 72.7 Å². The lowest BCUT2D eigenvalue weighted by Gasteiger charge is -2.14. The summed E-state index contributed by atoms with van der Waals surface area (Å²) in [5.41, 5.74) is 3.54. The largest absolute Gasteiger partial charge is 0.324 e. The SMILES string of the molecule is C[C@H](C(=O)Nc1ccccc1-c1ccccc1)n1nnc(-c2ccccc2Br)n1. The lowest BCUT2D eigenvalue weighted by atomic mass is 10.0. The Morgan fingerprint density at radius 2 is 1.59 bits per heavy atom. The normalized spacial score (nSPS) is 11.8. The Balaban J connectivity index is 1.55. The molecule has 0 radical (unpaired) electrons. The molecule has 4 rings (SSSR count). The van der Waals surface area contributed by atoms with Gasteiger partial charge in [0, 0.05) is 21.3 Å². The molecule has 3 aromatic carbocycles. The third-order valence-electron chi connectivity index (χ3n) is 4.54. The second-order valence-electron chi connectivity index (χ2n) is 6.49. The van der Waals surface area contributed by atoms with Crippen molar-refractivity contribution in [2.24, 2.45) is 0 Å². The number of tetrazole rings is 1. The van der Waals surface area contributed by atoms with Crippen LogP contribution in [-0.2, 0) is 4.79 Å². The van der Waals surface area contributed by atoms with E-state index >= 15 is 0 Å². The minimum Gasteiger partial charge on any atom is -0.324 e. The standard InChI is InChI=1S/C22H18BrN5O/c1-15(28-26-21(25-27-28)18-12-5-7-13-19(18)23)22(29)24-20-14-8-6-11-17(20)16-9-3-2-4-10-16/h2-15H,1H3,(H,24,29)/t15-/m1/s1. The van der Waals surface area contributed by atoms with E-state index in [-0.39, 0.29) is 5.91 Å². The number of para-hydroxylation sites is 1. The molecule has 144 valence electrons.